The molecule has 0 aliphatic carbocycles. The van der Waals surface area contributed by atoms with Crippen molar-refractivity contribution in [3.05, 3.63) is 65.7 Å². The molecule has 2 aromatic carbocycles. The predicted octanol–water partition coefficient (Wildman–Crippen LogP) is 3.07. The Balaban J connectivity index is 2.28. The maximum absolute atomic E-state index is 9.73. The average Bonchev–Trinajstić information content (AvgIpc) is 2.54. The first kappa shape index (κ1) is 15.1. The predicted molar refractivity (Wildman–Crippen MR) is 87.2 cm³/mol. The Bertz CT molecular complexity index is 613. The highest BCUT2D eigenvalue weighted by Gasteiger charge is 2.32. The highest BCUT2D eigenvalue weighted by atomic mass is 15.1. The summed E-state index contributed by atoms with van der Waals surface area (Å²) in [5.74, 6) is 0. The van der Waals surface area contributed by atoms with Gasteiger partial charge in [-0.25, -0.2) is 0 Å². The van der Waals surface area contributed by atoms with Gasteiger partial charge >= 0.3 is 0 Å². The smallest absolute Gasteiger partial charge is 0.149 e. The van der Waals surface area contributed by atoms with Gasteiger partial charge in [-0.3, -0.25) is 5.32 Å². The van der Waals surface area contributed by atoms with Gasteiger partial charge in [0.05, 0.1) is 12.6 Å². The summed E-state index contributed by atoms with van der Waals surface area (Å²) in [5, 5.41) is 12.9. The Kier molecular flexibility index (Phi) is 4.62. The van der Waals surface area contributed by atoms with E-state index in [9.17, 15) is 5.26 Å². The van der Waals surface area contributed by atoms with Gasteiger partial charge in [0.25, 0.3) is 0 Å². The molecule has 0 amide bonds. The van der Waals surface area contributed by atoms with Crippen LogP contribution in [0.15, 0.2) is 54.6 Å². The van der Waals surface area contributed by atoms with Gasteiger partial charge < -0.3 is 4.90 Å². The summed E-state index contributed by atoms with van der Waals surface area (Å²) in [6, 6.07) is 20.6. The van der Waals surface area contributed by atoms with Crippen molar-refractivity contribution >= 4 is 5.69 Å². The van der Waals surface area contributed by atoms with Crippen molar-refractivity contribution in [2.75, 3.05) is 25.5 Å². The van der Waals surface area contributed by atoms with E-state index < -0.39 is 5.54 Å². The molecule has 0 heterocycles. The number of hydrogen-bond donors (Lipinski definition) is 1. The number of aryl methyl sites for hydroxylation is 1. The fourth-order valence-electron chi connectivity index (χ4n) is 2.44. The Morgan fingerprint density at radius 3 is 2.24 bits per heavy atom. The number of benzene rings is 2. The van der Waals surface area contributed by atoms with E-state index in [1.54, 1.807) is 0 Å². The fraction of sp³-hybridized carbons (Fsp3) is 0.278. The SMILES string of the molecule is CNC(C#N)(CN(C)c1ccc(C)cc1)c1ccccc1. The lowest BCUT2D eigenvalue weighted by molar-refractivity contribution is 0.470. The third kappa shape index (κ3) is 3.24. The van der Waals surface area contributed by atoms with Crippen LogP contribution in [0.25, 0.3) is 0 Å². The lowest BCUT2D eigenvalue weighted by Crippen LogP contribution is -2.47. The van der Waals surface area contributed by atoms with E-state index in [0.717, 1.165) is 11.3 Å². The second kappa shape index (κ2) is 6.43. The van der Waals surface area contributed by atoms with Crippen molar-refractivity contribution in [3.63, 3.8) is 0 Å². The number of rotatable bonds is 5. The van der Waals surface area contributed by atoms with Crippen molar-refractivity contribution in [2.45, 2.75) is 12.5 Å². The largest absolute Gasteiger partial charge is 0.371 e. The zero-order valence-corrected chi connectivity index (χ0v) is 12.8. The molecule has 0 aromatic heterocycles. The Morgan fingerprint density at radius 1 is 1.10 bits per heavy atom. The van der Waals surface area contributed by atoms with Crippen molar-refractivity contribution in [3.8, 4) is 6.07 Å². The second-order valence-electron chi connectivity index (χ2n) is 5.32. The summed E-state index contributed by atoms with van der Waals surface area (Å²) in [6.45, 7) is 2.65. The van der Waals surface area contributed by atoms with Crippen LogP contribution in [0.5, 0.6) is 0 Å². The summed E-state index contributed by atoms with van der Waals surface area (Å²) < 4.78 is 0. The Morgan fingerprint density at radius 2 is 1.71 bits per heavy atom. The van der Waals surface area contributed by atoms with E-state index in [-0.39, 0.29) is 0 Å². The molecule has 1 unspecified atom stereocenters. The van der Waals surface area contributed by atoms with E-state index in [1.165, 1.54) is 5.56 Å². The zero-order chi connectivity index (χ0) is 15.3. The van der Waals surface area contributed by atoms with Gasteiger partial charge in [-0.05, 0) is 31.7 Å². The molecule has 0 saturated heterocycles. The Hall–Kier alpha value is -2.31. The van der Waals surface area contributed by atoms with E-state index in [0.29, 0.717) is 6.54 Å². The van der Waals surface area contributed by atoms with Gasteiger partial charge in [0.1, 0.15) is 5.54 Å². The van der Waals surface area contributed by atoms with E-state index in [2.05, 4.69) is 47.5 Å². The second-order valence-corrected chi connectivity index (χ2v) is 5.32. The lowest BCUT2D eigenvalue weighted by Gasteiger charge is -2.32. The van der Waals surface area contributed by atoms with Gasteiger partial charge in [-0.15, -0.1) is 0 Å². The van der Waals surface area contributed by atoms with Crippen molar-refractivity contribution in [1.29, 1.82) is 5.26 Å². The molecule has 0 fully saturated rings. The number of nitriles is 1. The average molecular weight is 279 g/mol. The number of nitrogens with zero attached hydrogens (tertiary/aromatic N) is 2. The molecule has 0 radical (unpaired) electrons. The molecule has 2 aromatic rings. The number of likely N-dealkylation sites (N-methyl/N-ethyl adjacent to an activating group) is 2. The molecular weight excluding hydrogens is 258 g/mol. The topological polar surface area (TPSA) is 39.1 Å². The van der Waals surface area contributed by atoms with Gasteiger partial charge in [0.15, 0.2) is 0 Å². The molecule has 0 bridgehead atoms. The first-order valence-corrected chi connectivity index (χ1v) is 7.05. The van der Waals surface area contributed by atoms with Crippen molar-refractivity contribution in [1.82, 2.24) is 5.32 Å². The maximum atomic E-state index is 9.73. The summed E-state index contributed by atoms with van der Waals surface area (Å²) in [7, 11) is 3.84. The third-order valence-corrected chi connectivity index (χ3v) is 3.83. The first-order chi connectivity index (χ1) is 10.1. The molecule has 0 aliphatic heterocycles. The van der Waals surface area contributed by atoms with Crippen LogP contribution >= 0.6 is 0 Å². The molecule has 1 N–H and O–H groups in total. The minimum Gasteiger partial charge on any atom is -0.371 e. The number of anilines is 1. The van der Waals surface area contributed by atoms with E-state index in [1.807, 2.05) is 44.4 Å². The molecule has 0 spiro atoms. The molecule has 1 atom stereocenters. The zero-order valence-electron chi connectivity index (χ0n) is 12.8. The Labute approximate surface area is 126 Å². The first-order valence-electron chi connectivity index (χ1n) is 7.05. The van der Waals surface area contributed by atoms with Gasteiger partial charge in [0.2, 0.25) is 0 Å². The third-order valence-electron chi connectivity index (χ3n) is 3.83. The van der Waals surface area contributed by atoms with E-state index in [4.69, 9.17) is 0 Å². The van der Waals surface area contributed by atoms with Crippen LogP contribution in [0.1, 0.15) is 11.1 Å². The van der Waals surface area contributed by atoms with Crippen molar-refractivity contribution in [2.24, 2.45) is 0 Å². The van der Waals surface area contributed by atoms with E-state index >= 15 is 0 Å². The van der Waals surface area contributed by atoms with Crippen LogP contribution in [0.4, 0.5) is 5.69 Å². The fourth-order valence-corrected chi connectivity index (χ4v) is 2.44. The minimum atomic E-state index is -0.721. The monoisotopic (exact) mass is 279 g/mol. The molecule has 2 rings (SSSR count). The highest BCUT2D eigenvalue weighted by Crippen LogP contribution is 2.24. The molecule has 0 aliphatic rings. The minimum absolute atomic E-state index is 0.576. The summed E-state index contributed by atoms with van der Waals surface area (Å²) in [4.78, 5) is 2.10. The van der Waals surface area contributed by atoms with Crippen molar-refractivity contribution < 1.29 is 0 Å². The van der Waals surface area contributed by atoms with Gasteiger partial charge in [-0.2, -0.15) is 5.26 Å². The summed E-state index contributed by atoms with van der Waals surface area (Å²) in [5.41, 5.74) is 2.59. The van der Waals surface area contributed by atoms with Gasteiger partial charge in [-0.1, -0.05) is 48.0 Å². The standard InChI is InChI=1S/C18H21N3/c1-15-9-11-17(12-10-15)21(3)14-18(13-19,20-2)16-7-5-4-6-8-16/h4-12,20H,14H2,1-3H3. The van der Waals surface area contributed by atoms with Crippen LogP contribution in [0.3, 0.4) is 0 Å². The van der Waals surface area contributed by atoms with Crippen LogP contribution in [-0.4, -0.2) is 20.6 Å². The van der Waals surface area contributed by atoms with Crippen LogP contribution in [-0.2, 0) is 5.54 Å². The molecule has 3 nitrogen and oxygen atoms in total. The lowest BCUT2D eigenvalue weighted by atomic mass is 9.91. The quantitative estimate of drug-likeness (QED) is 0.914. The van der Waals surface area contributed by atoms with Crippen LogP contribution < -0.4 is 10.2 Å². The molecule has 0 saturated carbocycles. The highest BCUT2D eigenvalue weighted by molar-refractivity contribution is 5.48. The molecule has 3 heteroatoms. The number of nitrogens with one attached hydrogen (secondary N) is 1. The molecule has 21 heavy (non-hydrogen) atoms. The normalized spacial score (nSPS) is 13.2. The summed E-state index contributed by atoms with van der Waals surface area (Å²) in [6.07, 6.45) is 0. The van der Waals surface area contributed by atoms with Crippen LogP contribution in [0.2, 0.25) is 0 Å². The molecule has 108 valence electrons. The number of hydrogen-bond acceptors (Lipinski definition) is 3. The maximum Gasteiger partial charge on any atom is 0.149 e. The van der Waals surface area contributed by atoms with Gasteiger partial charge in [0, 0.05) is 12.7 Å². The summed E-state index contributed by atoms with van der Waals surface area (Å²) >= 11 is 0. The van der Waals surface area contributed by atoms with Crippen LogP contribution in [0, 0.1) is 18.3 Å². The molecular formula is C18H21N3.